The summed E-state index contributed by atoms with van der Waals surface area (Å²) in [5, 5.41) is 4.66. The molecule has 0 fully saturated rings. The number of benzene rings is 2. The Labute approximate surface area is 157 Å². The Hall–Kier alpha value is -2.72. The highest BCUT2D eigenvalue weighted by Crippen LogP contribution is 2.41. The van der Waals surface area contributed by atoms with E-state index in [1.54, 1.807) is 17.7 Å². The number of hydrogen-bond acceptors (Lipinski definition) is 4. The van der Waals surface area contributed by atoms with Crippen LogP contribution in [0.2, 0.25) is 0 Å². The molecule has 0 spiro atoms. The van der Waals surface area contributed by atoms with E-state index < -0.39 is 0 Å². The molecular weight excluding hydrogens is 338 g/mol. The van der Waals surface area contributed by atoms with Crippen LogP contribution in [0.15, 0.2) is 54.9 Å². The van der Waals surface area contributed by atoms with Gasteiger partial charge in [-0.25, -0.2) is 9.97 Å². The molecule has 1 N–H and O–H groups in total. The molecule has 0 unspecified atom stereocenters. The number of aryl methyl sites for hydroxylation is 3. The Bertz CT molecular complexity index is 1060. The fraction of sp³-hybridized carbons (Fsp3) is 0.182. The van der Waals surface area contributed by atoms with Gasteiger partial charge in [-0.1, -0.05) is 55.0 Å². The molecule has 0 bridgehead atoms. The van der Waals surface area contributed by atoms with Gasteiger partial charge < -0.3 is 5.32 Å². The summed E-state index contributed by atoms with van der Waals surface area (Å²) >= 11 is 1.72. The zero-order valence-electron chi connectivity index (χ0n) is 15.2. The molecule has 4 rings (SSSR count). The quantitative estimate of drug-likeness (QED) is 0.466. The molecule has 0 saturated heterocycles. The molecule has 0 atom stereocenters. The maximum atomic E-state index is 4.58. The SMILES string of the molecule is CCc1ccccc1Nc1ncnc2sc(C)c(-c3ccc(C)cc3)c12. The molecule has 0 aliphatic carbocycles. The first-order valence-corrected chi connectivity index (χ1v) is 9.65. The zero-order chi connectivity index (χ0) is 18.1. The molecule has 4 aromatic rings. The molecule has 3 nitrogen and oxygen atoms in total. The highest BCUT2D eigenvalue weighted by Gasteiger charge is 2.17. The van der Waals surface area contributed by atoms with Crippen LogP contribution < -0.4 is 5.32 Å². The Balaban J connectivity index is 1.89. The molecular formula is C22H21N3S. The molecule has 2 heterocycles. The van der Waals surface area contributed by atoms with Crippen LogP contribution in [0.5, 0.6) is 0 Å². The lowest BCUT2D eigenvalue weighted by atomic mass is 10.0. The van der Waals surface area contributed by atoms with Crippen molar-refractivity contribution in [3.8, 4) is 11.1 Å². The summed E-state index contributed by atoms with van der Waals surface area (Å²) in [6.07, 6.45) is 2.62. The Morgan fingerprint density at radius 3 is 2.50 bits per heavy atom. The largest absolute Gasteiger partial charge is 0.339 e. The minimum absolute atomic E-state index is 0.871. The van der Waals surface area contributed by atoms with Crippen LogP contribution in [-0.2, 0) is 6.42 Å². The van der Waals surface area contributed by atoms with Crippen molar-refractivity contribution in [2.75, 3.05) is 5.32 Å². The van der Waals surface area contributed by atoms with Crippen LogP contribution in [0.1, 0.15) is 22.9 Å². The molecule has 0 aliphatic rings. The van der Waals surface area contributed by atoms with Crippen LogP contribution >= 0.6 is 11.3 Å². The zero-order valence-corrected chi connectivity index (χ0v) is 16.0. The van der Waals surface area contributed by atoms with Crippen molar-refractivity contribution in [2.24, 2.45) is 0 Å². The molecule has 2 aromatic carbocycles. The van der Waals surface area contributed by atoms with Gasteiger partial charge in [0.25, 0.3) is 0 Å². The number of anilines is 2. The number of aromatic nitrogens is 2. The van der Waals surface area contributed by atoms with Crippen molar-refractivity contribution in [3.63, 3.8) is 0 Å². The average molecular weight is 359 g/mol. The summed E-state index contributed by atoms with van der Waals surface area (Å²) in [6, 6.07) is 17.1. The average Bonchev–Trinajstić information content (AvgIpc) is 3.00. The predicted molar refractivity (Wildman–Crippen MR) is 111 cm³/mol. The summed E-state index contributed by atoms with van der Waals surface area (Å²) in [5.41, 5.74) is 6.08. The van der Waals surface area contributed by atoms with E-state index in [1.807, 2.05) is 0 Å². The Morgan fingerprint density at radius 1 is 0.962 bits per heavy atom. The second-order valence-corrected chi connectivity index (χ2v) is 7.64. The monoisotopic (exact) mass is 359 g/mol. The standard InChI is InChI=1S/C22H21N3S/c1-4-16-7-5-6-8-18(16)25-21-20-19(17-11-9-14(2)10-12-17)15(3)26-22(20)24-13-23-21/h5-13H,4H2,1-3H3,(H,23,24,25). The third-order valence-electron chi connectivity index (χ3n) is 4.66. The summed E-state index contributed by atoms with van der Waals surface area (Å²) in [7, 11) is 0. The lowest BCUT2D eigenvalue weighted by Crippen LogP contribution is -1.98. The number of nitrogens with zero attached hydrogens (tertiary/aromatic N) is 2. The summed E-state index contributed by atoms with van der Waals surface area (Å²) in [5.74, 6) is 0.871. The number of hydrogen-bond donors (Lipinski definition) is 1. The highest BCUT2D eigenvalue weighted by atomic mass is 32.1. The lowest BCUT2D eigenvalue weighted by Gasteiger charge is -2.12. The molecule has 0 saturated carbocycles. The first-order valence-electron chi connectivity index (χ1n) is 8.83. The topological polar surface area (TPSA) is 37.8 Å². The van der Waals surface area contributed by atoms with E-state index in [1.165, 1.54) is 27.1 Å². The third kappa shape index (κ3) is 2.97. The van der Waals surface area contributed by atoms with E-state index in [-0.39, 0.29) is 0 Å². The highest BCUT2D eigenvalue weighted by molar-refractivity contribution is 7.19. The molecule has 130 valence electrons. The predicted octanol–water partition coefficient (Wildman–Crippen LogP) is 6.28. The van der Waals surface area contributed by atoms with E-state index >= 15 is 0 Å². The second-order valence-electron chi connectivity index (χ2n) is 6.44. The van der Waals surface area contributed by atoms with Crippen molar-refractivity contribution < 1.29 is 0 Å². The molecule has 0 amide bonds. The van der Waals surface area contributed by atoms with Crippen molar-refractivity contribution in [1.82, 2.24) is 9.97 Å². The number of rotatable bonds is 4. The van der Waals surface area contributed by atoms with Gasteiger partial charge in [-0.05, 0) is 37.5 Å². The first-order chi connectivity index (χ1) is 12.7. The van der Waals surface area contributed by atoms with Gasteiger partial charge in [-0.2, -0.15) is 0 Å². The van der Waals surface area contributed by atoms with Gasteiger partial charge in [0.05, 0.1) is 5.39 Å². The van der Waals surface area contributed by atoms with E-state index in [0.717, 1.165) is 28.1 Å². The van der Waals surface area contributed by atoms with Crippen molar-refractivity contribution in [2.45, 2.75) is 27.2 Å². The van der Waals surface area contributed by atoms with Gasteiger partial charge in [-0.3, -0.25) is 0 Å². The van der Waals surface area contributed by atoms with Gasteiger partial charge >= 0.3 is 0 Å². The number of thiophene rings is 1. The second kappa shape index (κ2) is 6.89. The van der Waals surface area contributed by atoms with Crippen LogP contribution in [0.25, 0.3) is 21.3 Å². The Kier molecular flexibility index (Phi) is 4.43. The lowest BCUT2D eigenvalue weighted by molar-refractivity contribution is 1.14. The van der Waals surface area contributed by atoms with Crippen LogP contribution in [0.4, 0.5) is 11.5 Å². The minimum Gasteiger partial charge on any atom is -0.339 e. The number of para-hydroxylation sites is 1. The normalized spacial score (nSPS) is 11.0. The fourth-order valence-corrected chi connectivity index (χ4v) is 4.30. The van der Waals surface area contributed by atoms with E-state index in [2.05, 4.69) is 84.6 Å². The first kappa shape index (κ1) is 16.7. The van der Waals surface area contributed by atoms with E-state index in [9.17, 15) is 0 Å². The molecule has 0 radical (unpaired) electrons. The summed E-state index contributed by atoms with van der Waals surface area (Å²) in [4.78, 5) is 11.4. The Morgan fingerprint density at radius 2 is 1.73 bits per heavy atom. The molecule has 0 aliphatic heterocycles. The molecule has 26 heavy (non-hydrogen) atoms. The molecule has 4 heteroatoms. The third-order valence-corrected chi connectivity index (χ3v) is 5.67. The smallest absolute Gasteiger partial charge is 0.143 e. The van der Waals surface area contributed by atoms with Crippen molar-refractivity contribution in [3.05, 3.63) is 70.9 Å². The van der Waals surface area contributed by atoms with Gasteiger partial charge in [0.15, 0.2) is 0 Å². The van der Waals surface area contributed by atoms with Crippen LogP contribution in [-0.4, -0.2) is 9.97 Å². The van der Waals surface area contributed by atoms with E-state index in [0.29, 0.717) is 0 Å². The minimum atomic E-state index is 0.871. The van der Waals surface area contributed by atoms with Crippen molar-refractivity contribution in [1.29, 1.82) is 0 Å². The van der Waals surface area contributed by atoms with Crippen LogP contribution in [0.3, 0.4) is 0 Å². The number of fused-ring (bicyclic) bond motifs is 1. The van der Waals surface area contributed by atoms with Gasteiger partial charge in [-0.15, -0.1) is 11.3 Å². The van der Waals surface area contributed by atoms with Gasteiger partial charge in [0, 0.05) is 16.1 Å². The van der Waals surface area contributed by atoms with Crippen LogP contribution in [0, 0.1) is 13.8 Å². The molecule has 2 aromatic heterocycles. The fourth-order valence-electron chi connectivity index (χ4n) is 3.28. The summed E-state index contributed by atoms with van der Waals surface area (Å²) in [6.45, 7) is 6.44. The summed E-state index contributed by atoms with van der Waals surface area (Å²) < 4.78 is 0. The van der Waals surface area contributed by atoms with Gasteiger partial charge in [0.1, 0.15) is 17.0 Å². The number of nitrogens with one attached hydrogen (secondary N) is 1. The van der Waals surface area contributed by atoms with E-state index in [4.69, 9.17) is 0 Å². The maximum Gasteiger partial charge on any atom is 0.143 e. The maximum absolute atomic E-state index is 4.58. The van der Waals surface area contributed by atoms with Crippen molar-refractivity contribution >= 4 is 33.1 Å². The van der Waals surface area contributed by atoms with Gasteiger partial charge in [0.2, 0.25) is 0 Å².